The third kappa shape index (κ3) is 1.62. The summed E-state index contributed by atoms with van der Waals surface area (Å²) in [6, 6.07) is 20.8. The lowest BCUT2D eigenvalue weighted by atomic mass is 10.0. The Bertz CT molecular complexity index is 904. The molecular weight excluding hydrogens is 246 g/mol. The summed E-state index contributed by atoms with van der Waals surface area (Å²) in [6.45, 7) is 2.08. The number of aryl methyl sites for hydroxylation is 1. The number of fused-ring (bicyclic) bond motifs is 3. The van der Waals surface area contributed by atoms with Crippen LogP contribution in [0.25, 0.3) is 33.0 Å². The van der Waals surface area contributed by atoms with Crippen LogP contribution in [0.5, 0.6) is 0 Å². The first-order valence-corrected chi connectivity index (χ1v) is 6.67. The zero-order chi connectivity index (χ0) is 13.5. The van der Waals surface area contributed by atoms with Crippen LogP contribution in [0.2, 0.25) is 0 Å². The average Bonchev–Trinajstić information content (AvgIpc) is 2.92. The molecule has 1 heterocycles. The van der Waals surface area contributed by atoms with Gasteiger partial charge in [-0.2, -0.15) is 0 Å². The molecule has 4 rings (SSSR count). The van der Waals surface area contributed by atoms with Crippen LogP contribution in [-0.2, 0) is 0 Å². The van der Waals surface area contributed by atoms with Gasteiger partial charge in [-0.25, -0.2) is 0 Å². The van der Waals surface area contributed by atoms with E-state index in [1.54, 1.807) is 0 Å². The Morgan fingerprint density at radius 2 is 1.65 bits per heavy atom. The van der Waals surface area contributed by atoms with Crippen LogP contribution in [0, 0.1) is 6.92 Å². The normalized spacial score (nSPS) is 11.2. The molecule has 0 aliphatic heterocycles. The highest BCUT2D eigenvalue weighted by atomic mass is 16.5. The Kier molecular flexibility index (Phi) is 2.36. The summed E-state index contributed by atoms with van der Waals surface area (Å²) < 4.78 is 5.49. The first-order chi connectivity index (χ1) is 9.83. The van der Waals surface area contributed by atoms with Gasteiger partial charge in [0.15, 0.2) is 5.58 Å². The Labute approximate surface area is 116 Å². The fraction of sp³-hybridized carbons (Fsp3) is 0.0556. The lowest BCUT2D eigenvalue weighted by Gasteiger charge is -2.01. The molecule has 0 fully saturated rings. The van der Waals surface area contributed by atoms with Gasteiger partial charge in [0.2, 0.25) is 0 Å². The summed E-state index contributed by atoms with van der Waals surface area (Å²) >= 11 is 0. The first-order valence-electron chi connectivity index (χ1n) is 6.67. The van der Waals surface area contributed by atoms with Crippen LogP contribution in [0.1, 0.15) is 5.56 Å². The second-order valence-electron chi connectivity index (χ2n) is 5.06. The Morgan fingerprint density at radius 1 is 0.850 bits per heavy atom. The van der Waals surface area contributed by atoms with Crippen LogP contribution in [0.4, 0.5) is 0 Å². The molecule has 0 saturated carbocycles. The molecule has 0 spiro atoms. The molecule has 96 valence electrons. The van der Waals surface area contributed by atoms with E-state index in [1.807, 2.05) is 18.2 Å². The minimum atomic E-state index is 0.833. The first kappa shape index (κ1) is 11.2. The molecule has 0 unspecified atom stereocenters. The van der Waals surface area contributed by atoms with Crippen LogP contribution in [0.3, 0.4) is 0 Å². The fourth-order valence-electron chi connectivity index (χ4n) is 2.62. The monoisotopic (exact) mass is 259 g/mol. The highest BCUT2D eigenvalue weighted by molar-refractivity contribution is 6.11. The molecule has 3 aromatic carbocycles. The van der Waals surface area contributed by atoms with E-state index in [9.17, 15) is 0 Å². The van der Waals surface area contributed by atoms with E-state index in [0.29, 0.717) is 0 Å². The lowest BCUT2D eigenvalue weighted by Crippen LogP contribution is -1.80. The molecule has 0 atom stereocenters. The molecule has 0 aliphatic carbocycles. The van der Waals surface area contributed by atoms with Gasteiger partial charge in [-0.05, 0) is 23.8 Å². The maximum atomic E-state index is 5.49. The number of rotatable bonds is 1. The Balaban J connectivity index is 2.09. The van der Waals surface area contributed by atoms with E-state index in [1.165, 1.54) is 16.3 Å². The smallest absolute Gasteiger partial charge is 0.168 e. The third-order valence-electron chi connectivity index (χ3n) is 3.69. The minimum Gasteiger partial charge on any atom is -0.356 e. The zero-order valence-corrected chi connectivity index (χ0v) is 11.1. The topological polar surface area (TPSA) is 26.0 Å². The molecule has 0 radical (unpaired) electrons. The number of hydrogen-bond donors (Lipinski definition) is 0. The predicted octanol–water partition coefficient (Wildman–Crippen LogP) is 4.96. The van der Waals surface area contributed by atoms with Crippen molar-refractivity contribution in [2.45, 2.75) is 6.92 Å². The largest absolute Gasteiger partial charge is 0.356 e. The second kappa shape index (κ2) is 4.20. The summed E-state index contributed by atoms with van der Waals surface area (Å²) in [6.07, 6.45) is 0. The van der Waals surface area contributed by atoms with E-state index >= 15 is 0 Å². The van der Waals surface area contributed by atoms with Gasteiger partial charge in [0, 0.05) is 5.56 Å². The fourth-order valence-corrected chi connectivity index (χ4v) is 2.62. The maximum Gasteiger partial charge on any atom is 0.168 e. The molecule has 20 heavy (non-hydrogen) atoms. The molecule has 2 heteroatoms. The predicted molar refractivity (Wildman–Crippen MR) is 81.7 cm³/mol. The molecule has 0 aliphatic rings. The van der Waals surface area contributed by atoms with Gasteiger partial charge >= 0.3 is 0 Å². The van der Waals surface area contributed by atoms with Crippen molar-refractivity contribution in [3.8, 4) is 11.3 Å². The number of hydrogen-bond acceptors (Lipinski definition) is 2. The standard InChI is InChI=1S/C18H13NO/c1-12-6-8-14(9-7-12)18-17-15-5-3-2-4-13(15)10-11-16(17)20-19-18/h2-11H,1H3. The van der Waals surface area contributed by atoms with E-state index in [0.717, 1.165) is 22.2 Å². The van der Waals surface area contributed by atoms with E-state index in [2.05, 4.69) is 54.5 Å². The highest BCUT2D eigenvalue weighted by Crippen LogP contribution is 2.33. The Hall–Kier alpha value is -2.61. The second-order valence-corrected chi connectivity index (χ2v) is 5.06. The summed E-state index contributed by atoms with van der Waals surface area (Å²) in [7, 11) is 0. The van der Waals surface area contributed by atoms with Crippen molar-refractivity contribution >= 4 is 21.7 Å². The summed E-state index contributed by atoms with van der Waals surface area (Å²) in [5.41, 5.74) is 4.08. The van der Waals surface area contributed by atoms with Crippen molar-refractivity contribution in [3.05, 3.63) is 66.2 Å². The van der Waals surface area contributed by atoms with Gasteiger partial charge in [-0.3, -0.25) is 0 Å². The maximum absolute atomic E-state index is 5.49. The van der Waals surface area contributed by atoms with E-state index in [4.69, 9.17) is 4.52 Å². The van der Waals surface area contributed by atoms with Crippen molar-refractivity contribution in [1.29, 1.82) is 0 Å². The van der Waals surface area contributed by atoms with Crippen molar-refractivity contribution in [1.82, 2.24) is 5.16 Å². The van der Waals surface area contributed by atoms with Crippen molar-refractivity contribution in [2.24, 2.45) is 0 Å². The van der Waals surface area contributed by atoms with E-state index in [-0.39, 0.29) is 0 Å². The van der Waals surface area contributed by atoms with Gasteiger partial charge in [0.05, 0.1) is 5.39 Å². The highest BCUT2D eigenvalue weighted by Gasteiger charge is 2.13. The molecule has 0 N–H and O–H groups in total. The van der Waals surface area contributed by atoms with E-state index < -0.39 is 0 Å². The Morgan fingerprint density at radius 3 is 2.50 bits per heavy atom. The minimum absolute atomic E-state index is 0.833. The molecule has 2 nitrogen and oxygen atoms in total. The van der Waals surface area contributed by atoms with Gasteiger partial charge < -0.3 is 4.52 Å². The summed E-state index contributed by atoms with van der Waals surface area (Å²) in [4.78, 5) is 0. The SMILES string of the molecule is Cc1ccc(-c2noc3ccc4ccccc4c23)cc1. The van der Waals surface area contributed by atoms with Crippen molar-refractivity contribution in [3.63, 3.8) is 0 Å². The quantitative estimate of drug-likeness (QED) is 0.483. The van der Waals surface area contributed by atoms with Crippen molar-refractivity contribution in [2.75, 3.05) is 0 Å². The average molecular weight is 259 g/mol. The van der Waals surface area contributed by atoms with Crippen LogP contribution in [-0.4, -0.2) is 5.16 Å². The molecule has 0 bridgehead atoms. The van der Waals surface area contributed by atoms with Gasteiger partial charge in [0.25, 0.3) is 0 Å². The lowest BCUT2D eigenvalue weighted by molar-refractivity contribution is 0.459. The summed E-state index contributed by atoms with van der Waals surface area (Å²) in [5, 5.41) is 7.75. The number of nitrogens with zero attached hydrogens (tertiary/aromatic N) is 1. The molecule has 1 aromatic heterocycles. The number of benzene rings is 3. The molecular formula is C18H13NO. The zero-order valence-electron chi connectivity index (χ0n) is 11.1. The van der Waals surface area contributed by atoms with Crippen LogP contribution >= 0.6 is 0 Å². The summed E-state index contributed by atoms with van der Waals surface area (Å²) in [5.74, 6) is 0. The van der Waals surface area contributed by atoms with Crippen LogP contribution in [0.15, 0.2) is 65.2 Å². The molecule has 0 amide bonds. The molecule has 0 saturated heterocycles. The van der Waals surface area contributed by atoms with Gasteiger partial charge in [0.1, 0.15) is 5.69 Å². The third-order valence-corrected chi connectivity index (χ3v) is 3.69. The molecule has 4 aromatic rings. The number of aromatic nitrogens is 1. The van der Waals surface area contributed by atoms with Crippen molar-refractivity contribution < 1.29 is 4.52 Å². The van der Waals surface area contributed by atoms with Crippen LogP contribution < -0.4 is 0 Å². The van der Waals surface area contributed by atoms with Gasteiger partial charge in [-0.15, -0.1) is 0 Å². The van der Waals surface area contributed by atoms with Gasteiger partial charge in [-0.1, -0.05) is 65.3 Å².